The Labute approximate surface area is 102 Å². The fourth-order valence-corrected chi connectivity index (χ4v) is 3.21. The first-order chi connectivity index (χ1) is 7.62. The monoisotopic (exact) mass is 242 g/mol. The molecule has 0 aromatic rings. The van der Waals surface area contributed by atoms with Gasteiger partial charge in [0, 0.05) is 0 Å². The Hall–Kier alpha value is -0.0500. The minimum Gasteiger partial charge on any atom is -0.368 e. The van der Waals surface area contributed by atoms with Gasteiger partial charge in [-0.2, -0.15) is 0 Å². The standard InChI is InChI=1S/C13H19ClO2/c1-8(5-10-11(7-14)15-10)9-3-4-13(2)12(6-9)16-13/h9-12H,1,3-7H2,2H3. The minimum absolute atomic E-state index is 0.214. The van der Waals surface area contributed by atoms with Crippen LogP contribution in [0.25, 0.3) is 0 Å². The van der Waals surface area contributed by atoms with Gasteiger partial charge in [-0.3, -0.25) is 0 Å². The van der Waals surface area contributed by atoms with Crippen LogP contribution in [0, 0.1) is 5.92 Å². The van der Waals surface area contributed by atoms with Crippen LogP contribution in [0.1, 0.15) is 32.6 Å². The summed E-state index contributed by atoms with van der Waals surface area (Å²) in [6.07, 6.45) is 5.68. The largest absolute Gasteiger partial charge is 0.368 e. The van der Waals surface area contributed by atoms with E-state index in [4.69, 9.17) is 21.1 Å². The van der Waals surface area contributed by atoms with Crippen molar-refractivity contribution in [1.82, 2.24) is 0 Å². The van der Waals surface area contributed by atoms with Crippen LogP contribution in [0.2, 0.25) is 0 Å². The van der Waals surface area contributed by atoms with Gasteiger partial charge in [-0.15, -0.1) is 11.6 Å². The number of hydrogen-bond acceptors (Lipinski definition) is 2. The molecule has 2 aliphatic heterocycles. The van der Waals surface area contributed by atoms with Crippen LogP contribution < -0.4 is 0 Å². The van der Waals surface area contributed by atoms with Crippen LogP contribution in [0.4, 0.5) is 0 Å². The first kappa shape index (κ1) is 11.1. The minimum atomic E-state index is 0.214. The van der Waals surface area contributed by atoms with Gasteiger partial charge < -0.3 is 9.47 Å². The first-order valence-corrected chi connectivity index (χ1v) is 6.73. The molecule has 1 saturated carbocycles. The number of hydrogen-bond donors (Lipinski definition) is 0. The molecule has 0 N–H and O–H groups in total. The van der Waals surface area contributed by atoms with Gasteiger partial charge in [-0.25, -0.2) is 0 Å². The molecule has 3 rings (SSSR count). The van der Waals surface area contributed by atoms with Crippen LogP contribution in [-0.4, -0.2) is 29.8 Å². The molecule has 0 amide bonds. The molecule has 16 heavy (non-hydrogen) atoms. The average Bonchev–Trinajstić information content (AvgIpc) is 3.12. The van der Waals surface area contributed by atoms with E-state index < -0.39 is 0 Å². The van der Waals surface area contributed by atoms with Gasteiger partial charge in [0.15, 0.2) is 0 Å². The third kappa shape index (κ3) is 1.92. The predicted molar refractivity (Wildman–Crippen MR) is 63.8 cm³/mol. The predicted octanol–water partition coefficient (Wildman–Crippen LogP) is 2.90. The Morgan fingerprint density at radius 3 is 2.94 bits per heavy atom. The highest BCUT2D eigenvalue weighted by atomic mass is 35.5. The fourth-order valence-electron chi connectivity index (χ4n) is 2.94. The Morgan fingerprint density at radius 1 is 1.50 bits per heavy atom. The summed E-state index contributed by atoms with van der Waals surface area (Å²) in [5.41, 5.74) is 1.56. The van der Waals surface area contributed by atoms with Crippen LogP contribution in [0.5, 0.6) is 0 Å². The summed E-state index contributed by atoms with van der Waals surface area (Å²) in [6, 6.07) is 0. The fraction of sp³-hybridized carbons (Fsp3) is 0.846. The first-order valence-electron chi connectivity index (χ1n) is 6.19. The second kappa shape index (κ2) is 3.72. The van der Waals surface area contributed by atoms with E-state index in [-0.39, 0.29) is 11.7 Å². The maximum Gasteiger partial charge on any atom is 0.0980 e. The zero-order chi connectivity index (χ0) is 11.3. The highest BCUT2D eigenvalue weighted by Crippen LogP contribution is 2.51. The quantitative estimate of drug-likeness (QED) is 0.430. The molecule has 0 radical (unpaired) electrons. The maximum absolute atomic E-state index is 5.74. The van der Waals surface area contributed by atoms with E-state index >= 15 is 0 Å². The van der Waals surface area contributed by atoms with Gasteiger partial charge >= 0.3 is 0 Å². The van der Waals surface area contributed by atoms with Crippen molar-refractivity contribution < 1.29 is 9.47 Å². The van der Waals surface area contributed by atoms with Crippen LogP contribution in [-0.2, 0) is 9.47 Å². The summed E-state index contributed by atoms with van der Waals surface area (Å²) in [5.74, 6) is 1.26. The molecule has 2 nitrogen and oxygen atoms in total. The molecule has 5 atom stereocenters. The second-order valence-corrected chi connectivity index (χ2v) is 5.93. The lowest BCUT2D eigenvalue weighted by atomic mass is 9.78. The van der Waals surface area contributed by atoms with Crippen LogP contribution >= 0.6 is 11.6 Å². The molecule has 5 unspecified atom stereocenters. The van der Waals surface area contributed by atoms with E-state index in [1.165, 1.54) is 18.4 Å². The van der Waals surface area contributed by atoms with Crippen molar-refractivity contribution in [2.24, 2.45) is 5.92 Å². The average molecular weight is 243 g/mol. The molecule has 2 heterocycles. The summed E-state index contributed by atoms with van der Waals surface area (Å²) >= 11 is 5.74. The van der Waals surface area contributed by atoms with Gasteiger partial charge in [0.25, 0.3) is 0 Å². The van der Waals surface area contributed by atoms with Crippen LogP contribution in [0.15, 0.2) is 12.2 Å². The second-order valence-electron chi connectivity index (χ2n) is 5.62. The van der Waals surface area contributed by atoms with Crippen molar-refractivity contribution in [2.75, 3.05) is 5.88 Å². The number of alkyl halides is 1. The van der Waals surface area contributed by atoms with Gasteiger partial charge in [-0.1, -0.05) is 12.2 Å². The molecule has 0 bridgehead atoms. The van der Waals surface area contributed by atoms with E-state index in [1.807, 2.05) is 0 Å². The lowest BCUT2D eigenvalue weighted by Gasteiger charge is -2.24. The van der Waals surface area contributed by atoms with Crippen molar-refractivity contribution in [1.29, 1.82) is 0 Å². The molecular formula is C13H19ClO2. The Balaban J connectivity index is 1.49. The molecule has 90 valence electrons. The highest BCUT2D eigenvalue weighted by Gasteiger charge is 2.55. The molecular weight excluding hydrogens is 224 g/mol. The van der Waals surface area contributed by atoms with E-state index in [0.717, 1.165) is 12.8 Å². The topological polar surface area (TPSA) is 25.1 Å². The lowest BCUT2D eigenvalue weighted by molar-refractivity contribution is 0.302. The van der Waals surface area contributed by atoms with Crippen molar-refractivity contribution in [3.63, 3.8) is 0 Å². The van der Waals surface area contributed by atoms with E-state index in [2.05, 4.69) is 13.5 Å². The Bertz CT molecular complexity index is 317. The zero-order valence-electron chi connectivity index (χ0n) is 9.75. The summed E-state index contributed by atoms with van der Waals surface area (Å²) in [7, 11) is 0. The SMILES string of the molecule is C=C(CC1OC1CCl)C1CCC2(C)OC2C1. The summed E-state index contributed by atoms with van der Waals surface area (Å²) < 4.78 is 11.2. The molecule has 0 spiro atoms. The Kier molecular flexibility index (Phi) is 2.58. The highest BCUT2D eigenvalue weighted by molar-refractivity contribution is 6.18. The van der Waals surface area contributed by atoms with Crippen molar-refractivity contribution >= 4 is 11.6 Å². The van der Waals surface area contributed by atoms with Gasteiger partial charge in [0.2, 0.25) is 0 Å². The van der Waals surface area contributed by atoms with Gasteiger partial charge in [0.05, 0.1) is 29.8 Å². The van der Waals surface area contributed by atoms with Crippen molar-refractivity contribution in [3.05, 3.63) is 12.2 Å². The van der Waals surface area contributed by atoms with E-state index in [1.54, 1.807) is 0 Å². The van der Waals surface area contributed by atoms with Gasteiger partial charge in [-0.05, 0) is 38.5 Å². The summed E-state index contributed by atoms with van der Waals surface area (Å²) in [4.78, 5) is 0. The summed E-state index contributed by atoms with van der Waals surface area (Å²) in [6.45, 7) is 6.45. The number of rotatable bonds is 4. The number of fused-ring (bicyclic) bond motifs is 1. The van der Waals surface area contributed by atoms with E-state index in [0.29, 0.717) is 24.0 Å². The molecule has 1 aliphatic carbocycles. The lowest BCUT2D eigenvalue weighted by Crippen LogP contribution is -2.22. The third-order valence-electron chi connectivity index (χ3n) is 4.40. The summed E-state index contributed by atoms with van der Waals surface area (Å²) in [5, 5.41) is 0. The smallest absolute Gasteiger partial charge is 0.0980 e. The zero-order valence-corrected chi connectivity index (χ0v) is 10.5. The van der Waals surface area contributed by atoms with Crippen LogP contribution in [0.3, 0.4) is 0 Å². The number of ether oxygens (including phenoxy) is 2. The molecule has 3 fully saturated rings. The van der Waals surface area contributed by atoms with Crippen molar-refractivity contribution in [3.8, 4) is 0 Å². The normalized spacial score (nSPS) is 49.6. The molecule has 2 saturated heterocycles. The van der Waals surface area contributed by atoms with Gasteiger partial charge in [0.1, 0.15) is 0 Å². The van der Waals surface area contributed by atoms with Crippen molar-refractivity contribution in [2.45, 2.75) is 56.5 Å². The van der Waals surface area contributed by atoms with E-state index in [9.17, 15) is 0 Å². The maximum atomic E-state index is 5.74. The third-order valence-corrected chi connectivity index (χ3v) is 4.71. The molecule has 0 aromatic heterocycles. The number of epoxide rings is 2. The molecule has 0 aromatic carbocycles. The molecule has 3 heteroatoms. The number of halogens is 1. The Morgan fingerprint density at radius 2 is 2.31 bits per heavy atom. The molecule has 3 aliphatic rings.